The molecule has 24 heavy (non-hydrogen) atoms. The predicted octanol–water partition coefficient (Wildman–Crippen LogP) is 4.08. The first-order chi connectivity index (χ1) is 11.6. The maximum absolute atomic E-state index is 12.1. The van der Waals surface area contributed by atoms with Gasteiger partial charge in [0.25, 0.3) is 0 Å². The Hall–Kier alpha value is -2.24. The molecule has 0 saturated carbocycles. The average Bonchev–Trinajstić information content (AvgIpc) is 3.18. The first-order valence-electron chi connectivity index (χ1n) is 7.57. The van der Waals surface area contributed by atoms with Gasteiger partial charge in [0.1, 0.15) is 5.01 Å². The maximum atomic E-state index is 12.1. The van der Waals surface area contributed by atoms with Gasteiger partial charge in [-0.25, -0.2) is 4.98 Å². The van der Waals surface area contributed by atoms with Crippen molar-refractivity contribution in [3.8, 4) is 10.6 Å². The summed E-state index contributed by atoms with van der Waals surface area (Å²) in [5.74, 6) is -0.482. The summed E-state index contributed by atoms with van der Waals surface area (Å²) in [6.45, 7) is 0.349. The normalized spacial score (nSPS) is 17.6. The zero-order valence-electron chi connectivity index (χ0n) is 12.6. The quantitative estimate of drug-likeness (QED) is 0.664. The molecule has 0 aliphatic carbocycles. The standard InChI is InChI=1S/C18H13ClN2O2S/c19-17(23)12-9-16(22)21(10-12)13-7-5-11(6-8-13)18-20-14-3-1-2-4-15(14)24-18/h1-8,12H,9-10H2. The molecule has 3 aromatic rings. The van der Waals surface area contributed by atoms with Crippen molar-refractivity contribution in [2.45, 2.75) is 6.42 Å². The molecular formula is C18H13ClN2O2S. The Bertz CT molecular complexity index is 903. The minimum absolute atomic E-state index is 0.0678. The minimum atomic E-state index is -0.447. The lowest BCUT2D eigenvalue weighted by atomic mass is 10.1. The number of rotatable bonds is 3. The highest BCUT2D eigenvalue weighted by atomic mass is 35.5. The van der Waals surface area contributed by atoms with Crippen molar-refractivity contribution in [3.63, 3.8) is 0 Å². The molecule has 1 atom stereocenters. The smallest absolute Gasteiger partial charge is 0.227 e. The average molecular weight is 357 g/mol. The molecule has 1 aliphatic rings. The van der Waals surface area contributed by atoms with Crippen LogP contribution in [-0.2, 0) is 9.59 Å². The Morgan fingerprint density at radius 3 is 2.58 bits per heavy atom. The van der Waals surface area contributed by atoms with Crippen molar-refractivity contribution in [3.05, 3.63) is 48.5 Å². The number of fused-ring (bicyclic) bond motifs is 1. The number of hydrogen-bond acceptors (Lipinski definition) is 4. The van der Waals surface area contributed by atoms with Gasteiger partial charge in [0.05, 0.1) is 16.1 Å². The summed E-state index contributed by atoms with van der Waals surface area (Å²) >= 11 is 7.16. The molecule has 0 N–H and O–H groups in total. The third-order valence-electron chi connectivity index (χ3n) is 4.17. The van der Waals surface area contributed by atoms with Gasteiger partial charge in [-0.1, -0.05) is 12.1 Å². The number of benzene rings is 2. The molecule has 4 nitrogen and oxygen atoms in total. The summed E-state index contributed by atoms with van der Waals surface area (Å²) < 4.78 is 1.15. The monoisotopic (exact) mass is 356 g/mol. The highest BCUT2D eigenvalue weighted by molar-refractivity contribution is 7.21. The van der Waals surface area contributed by atoms with E-state index in [0.29, 0.717) is 6.54 Å². The molecule has 4 rings (SSSR count). The first kappa shape index (κ1) is 15.3. The number of nitrogens with zero attached hydrogens (tertiary/aromatic N) is 2. The van der Waals surface area contributed by atoms with E-state index in [4.69, 9.17) is 11.6 Å². The second-order valence-corrected chi connectivity index (χ2v) is 7.15. The van der Waals surface area contributed by atoms with Gasteiger partial charge in [-0.05, 0) is 48.0 Å². The Labute approximate surface area is 147 Å². The molecule has 0 bridgehead atoms. The van der Waals surface area contributed by atoms with E-state index < -0.39 is 11.2 Å². The van der Waals surface area contributed by atoms with Crippen LogP contribution >= 0.6 is 22.9 Å². The third-order valence-corrected chi connectivity index (χ3v) is 5.56. The summed E-state index contributed by atoms with van der Waals surface area (Å²) in [6.07, 6.45) is 0.182. The zero-order valence-corrected chi connectivity index (χ0v) is 14.2. The van der Waals surface area contributed by atoms with Crippen molar-refractivity contribution >= 4 is 50.0 Å². The number of para-hydroxylation sites is 1. The van der Waals surface area contributed by atoms with E-state index in [1.165, 1.54) is 0 Å². The number of aromatic nitrogens is 1. The van der Waals surface area contributed by atoms with Crippen LogP contribution in [-0.4, -0.2) is 22.7 Å². The molecule has 1 unspecified atom stereocenters. The van der Waals surface area contributed by atoms with Crippen LogP contribution in [0.3, 0.4) is 0 Å². The highest BCUT2D eigenvalue weighted by Crippen LogP contribution is 2.32. The predicted molar refractivity (Wildman–Crippen MR) is 96.4 cm³/mol. The van der Waals surface area contributed by atoms with Gasteiger partial charge >= 0.3 is 0 Å². The fourth-order valence-electron chi connectivity index (χ4n) is 2.89. The lowest BCUT2D eigenvalue weighted by molar-refractivity contribution is -0.120. The molecule has 1 fully saturated rings. The molecule has 1 aromatic heterocycles. The van der Waals surface area contributed by atoms with E-state index in [1.54, 1.807) is 16.2 Å². The van der Waals surface area contributed by atoms with Crippen molar-refractivity contribution in [1.82, 2.24) is 4.98 Å². The van der Waals surface area contributed by atoms with E-state index in [-0.39, 0.29) is 12.3 Å². The number of hydrogen-bond donors (Lipinski definition) is 0. The SMILES string of the molecule is O=C(Cl)C1CC(=O)N(c2ccc(-c3nc4ccccc4s3)cc2)C1. The van der Waals surface area contributed by atoms with Crippen LogP contribution in [0.25, 0.3) is 20.8 Å². The molecule has 2 aromatic carbocycles. The number of amides is 1. The molecule has 0 spiro atoms. The molecule has 120 valence electrons. The number of halogens is 1. The number of carbonyl (C=O) groups excluding carboxylic acids is 2. The second-order valence-electron chi connectivity index (χ2n) is 5.74. The van der Waals surface area contributed by atoms with Crippen LogP contribution in [0.1, 0.15) is 6.42 Å². The highest BCUT2D eigenvalue weighted by Gasteiger charge is 2.34. The Morgan fingerprint density at radius 1 is 1.17 bits per heavy atom. The van der Waals surface area contributed by atoms with Gasteiger partial charge in [0, 0.05) is 24.2 Å². The number of carbonyl (C=O) groups is 2. The van der Waals surface area contributed by atoms with Gasteiger partial charge in [-0.2, -0.15) is 0 Å². The van der Waals surface area contributed by atoms with Crippen molar-refractivity contribution in [2.24, 2.45) is 5.92 Å². The third kappa shape index (κ3) is 2.70. The van der Waals surface area contributed by atoms with Crippen LogP contribution in [0.2, 0.25) is 0 Å². The van der Waals surface area contributed by atoms with Gasteiger partial charge in [0.2, 0.25) is 11.1 Å². The maximum Gasteiger partial charge on any atom is 0.227 e. The summed E-state index contributed by atoms with van der Waals surface area (Å²) in [4.78, 5) is 29.6. The molecule has 1 amide bonds. The molecule has 6 heteroatoms. The Balaban J connectivity index is 1.61. The topological polar surface area (TPSA) is 50.3 Å². The van der Waals surface area contributed by atoms with Crippen LogP contribution < -0.4 is 4.90 Å². The summed E-state index contributed by atoms with van der Waals surface area (Å²) in [5.41, 5.74) is 2.78. The van der Waals surface area contributed by atoms with Crippen molar-refractivity contribution in [1.29, 1.82) is 0 Å². The van der Waals surface area contributed by atoms with Crippen LogP contribution in [0.4, 0.5) is 5.69 Å². The Kier molecular flexibility index (Phi) is 3.82. The molecular weight excluding hydrogens is 344 g/mol. The van der Waals surface area contributed by atoms with Crippen molar-refractivity contribution < 1.29 is 9.59 Å². The summed E-state index contributed by atoms with van der Waals surface area (Å²) in [6, 6.07) is 15.7. The van der Waals surface area contributed by atoms with E-state index >= 15 is 0 Å². The van der Waals surface area contributed by atoms with E-state index in [2.05, 4.69) is 11.1 Å². The fraction of sp³-hybridized carbons (Fsp3) is 0.167. The largest absolute Gasteiger partial charge is 0.312 e. The van der Waals surface area contributed by atoms with Crippen LogP contribution in [0.5, 0.6) is 0 Å². The molecule has 2 heterocycles. The van der Waals surface area contributed by atoms with E-state index in [9.17, 15) is 9.59 Å². The van der Waals surface area contributed by atoms with Crippen LogP contribution in [0.15, 0.2) is 48.5 Å². The van der Waals surface area contributed by atoms with Gasteiger partial charge < -0.3 is 4.90 Å². The lowest BCUT2D eigenvalue weighted by Crippen LogP contribution is -2.25. The van der Waals surface area contributed by atoms with Crippen molar-refractivity contribution in [2.75, 3.05) is 11.4 Å². The van der Waals surface area contributed by atoms with E-state index in [0.717, 1.165) is 26.5 Å². The first-order valence-corrected chi connectivity index (χ1v) is 8.77. The summed E-state index contributed by atoms with van der Waals surface area (Å²) in [7, 11) is 0. The zero-order chi connectivity index (χ0) is 16.7. The fourth-order valence-corrected chi connectivity index (χ4v) is 4.01. The van der Waals surface area contributed by atoms with Gasteiger partial charge in [-0.3, -0.25) is 9.59 Å². The number of anilines is 1. The molecule has 0 radical (unpaired) electrons. The van der Waals surface area contributed by atoms with Gasteiger partial charge in [0.15, 0.2) is 0 Å². The van der Waals surface area contributed by atoms with Gasteiger partial charge in [-0.15, -0.1) is 11.3 Å². The number of thiazole rings is 1. The second kappa shape index (κ2) is 6.00. The molecule has 1 aliphatic heterocycles. The molecule has 1 saturated heterocycles. The minimum Gasteiger partial charge on any atom is -0.312 e. The Morgan fingerprint density at radius 2 is 1.92 bits per heavy atom. The lowest BCUT2D eigenvalue weighted by Gasteiger charge is -2.16. The summed E-state index contributed by atoms with van der Waals surface area (Å²) in [5, 5.41) is 0.501. The van der Waals surface area contributed by atoms with E-state index in [1.807, 2.05) is 42.5 Å². The van der Waals surface area contributed by atoms with Crippen LogP contribution in [0, 0.1) is 5.92 Å².